The van der Waals surface area contributed by atoms with Crippen LogP contribution >= 0.6 is 0 Å². The van der Waals surface area contributed by atoms with Gasteiger partial charge in [0.1, 0.15) is 5.82 Å². The Labute approximate surface area is 142 Å². The highest BCUT2D eigenvalue weighted by Crippen LogP contribution is 2.40. The number of nitrogens with zero attached hydrogens (tertiary/aromatic N) is 4. The van der Waals surface area contributed by atoms with E-state index < -0.39 is 10.0 Å². The fourth-order valence-corrected chi connectivity index (χ4v) is 5.45. The van der Waals surface area contributed by atoms with Crippen molar-refractivity contribution in [2.75, 3.05) is 26.7 Å². The first-order valence-electron chi connectivity index (χ1n) is 8.32. The zero-order valence-electron chi connectivity index (χ0n) is 13.8. The lowest BCUT2D eigenvalue weighted by atomic mass is 9.84. The molecule has 2 aliphatic heterocycles. The molecule has 0 aliphatic carbocycles. The van der Waals surface area contributed by atoms with Crippen LogP contribution in [0.3, 0.4) is 0 Å². The van der Waals surface area contributed by atoms with Crippen molar-refractivity contribution in [3.8, 4) is 0 Å². The van der Waals surface area contributed by atoms with Crippen molar-refractivity contribution in [2.45, 2.75) is 29.8 Å². The summed E-state index contributed by atoms with van der Waals surface area (Å²) < 4.78 is 29.5. The van der Waals surface area contributed by atoms with Crippen molar-refractivity contribution in [1.29, 1.82) is 0 Å². The summed E-state index contributed by atoms with van der Waals surface area (Å²) in [5.74, 6) is 1.08. The molecule has 0 saturated carbocycles. The van der Waals surface area contributed by atoms with E-state index >= 15 is 0 Å². The second-order valence-electron chi connectivity index (χ2n) is 6.61. The molecule has 128 valence electrons. The molecule has 0 bridgehead atoms. The summed E-state index contributed by atoms with van der Waals surface area (Å²) in [6, 6.07) is 8.70. The Hall–Kier alpha value is -1.70. The predicted octanol–water partition coefficient (Wildman–Crippen LogP) is 1.51. The summed E-state index contributed by atoms with van der Waals surface area (Å²) >= 11 is 0. The molecule has 1 aromatic heterocycles. The SMILES string of the molecule is CN1CCn2ccnc2C12CCN(S(=O)(=O)c1ccccc1)CC2. The summed E-state index contributed by atoms with van der Waals surface area (Å²) in [5.41, 5.74) is -0.148. The molecule has 6 nitrogen and oxygen atoms in total. The van der Waals surface area contributed by atoms with Crippen LogP contribution in [0.5, 0.6) is 0 Å². The summed E-state index contributed by atoms with van der Waals surface area (Å²) in [6.45, 7) is 2.96. The van der Waals surface area contributed by atoms with Crippen molar-refractivity contribution >= 4 is 10.0 Å². The Bertz CT molecular complexity index is 823. The molecule has 4 rings (SSSR count). The smallest absolute Gasteiger partial charge is 0.243 e. The van der Waals surface area contributed by atoms with Crippen molar-refractivity contribution < 1.29 is 8.42 Å². The average Bonchev–Trinajstić information content (AvgIpc) is 3.09. The van der Waals surface area contributed by atoms with Gasteiger partial charge in [-0.1, -0.05) is 18.2 Å². The Balaban J connectivity index is 1.60. The van der Waals surface area contributed by atoms with E-state index in [-0.39, 0.29) is 5.54 Å². The van der Waals surface area contributed by atoms with Gasteiger partial charge in [0, 0.05) is 38.6 Å². The minimum Gasteiger partial charge on any atom is -0.332 e. The standard InChI is InChI=1S/C17H22N4O2S/c1-19-13-14-20-12-9-18-16(20)17(19)7-10-21(11-8-17)24(22,23)15-5-3-2-4-6-15/h2-6,9,12H,7-8,10-11,13-14H2,1H3. The molecule has 1 aromatic carbocycles. The van der Waals surface area contributed by atoms with E-state index in [1.807, 2.05) is 18.5 Å². The van der Waals surface area contributed by atoms with Gasteiger partial charge in [0.05, 0.1) is 10.4 Å². The number of sulfonamides is 1. The quantitative estimate of drug-likeness (QED) is 0.827. The molecule has 3 heterocycles. The Morgan fingerprint density at radius 2 is 1.75 bits per heavy atom. The number of fused-ring (bicyclic) bond motifs is 2. The second kappa shape index (κ2) is 5.68. The average molecular weight is 346 g/mol. The van der Waals surface area contributed by atoms with Gasteiger partial charge in [-0.15, -0.1) is 0 Å². The lowest BCUT2D eigenvalue weighted by molar-refractivity contribution is 0.0271. The van der Waals surface area contributed by atoms with Gasteiger partial charge in [0.25, 0.3) is 0 Å². The topological polar surface area (TPSA) is 58.4 Å². The van der Waals surface area contributed by atoms with E-state index in [0.29, 0.717) is 18.0 Å². The van der Waals surface area contributed by atoms with Gasteiger partial charge >= 0.3 is 0 Å². The predicted molar refractivity (Wildman–Crippen MR) is 91.0 cm³/mol. The second-order valence-corrected chi connectivity index (χ2v) is 8.55. The molecule has 2 aliphatic rings. The molecule has 7 heteroatoms. The Morgan fingerprint density at radius 1 is 1.04 bits per heavy atom. The van der Waals surface area contributed by atoms with Gasteiger partial charge in [0.15, 0.2) is 0 Å². The van der Waals surface area contributed by atoms with Crippen molar-refractivity contribution in [3.63, 3.8) is 0 Å². The maximum absolute atomic E-state index is 12.8. The first kappa shape index (κ1) is 15.8. The first-order valence-corrected chi connectivity index (χ1v) is 9.76. The lowest BCUT2D eigenvalue weighted by Gasteiger charge is -2.49. The molecular formula is C17H22N4O2S. The zero-order chi connectivity index (χ0) is 16.8. The van der Waals surface area contributed by atoms with Crippen LogP contribution in [0.25, 0.3) is 0 Å². The van der Waals surface area contributed by atoms with E-state index in [1.54, 1.807) is 28.6 Å². The van der Waals surface area contributed by atoms with Gasteiger partial charge in [-0.2, -0.15) is 4.31 Å². The molecule has 2 aromatic rings. The molecule has 1 spiro atoms. The van der Waals surface area contributed by atoms with Crippen LogP contribution in [-0.4, -0.2) is 53.9 Å². The lowest BCUT2D eigenvalue weighted by Crippen LogP contribution is -2.56. The highest BCUT2D eigenvalue weighted by Gasteiger charge is 2.46. The van der Waals surface area contributed by atoms with Crippen molar-refractivity contribution in [1.82, 2.24) is 18.8 Å². The molecule has 0 N–H and O–H groups in total. The minimum atomic E-state index is -3.41. The van der Waals surface area contributed by atoms with Crippen LogP contribution in [0.1, 0.15) is 18.7 Å². The van der Waals surface area contributed by atoms with Gasteiger partial charge in [0.2, 0.25) is 10.0 Å². The van der Waals surface area contributed by atoms with E-state index in [2.05, 4.69) is 21.5 Å². The van der Waals surface area contributed by atoms with Crippen LogP contribution in [0.15, 0.2) is 47.6 Å². The molecule has 0 amide bonds. The van der Waals surface area contributed by atoms with Gasteiger partial charge in [-0.05, 0) is 32.0 Å². The number of rotatable bonds is 2. The molecule has 0 radical (unpaired) electrons. The van der Waals surface area contributed by atoms with Crippen LogP contribution in [-0.2, 0) is 22.1 Å². The van der Waals surface area contributed by atoms with Gasteiger partial charge in [-0.3, -0.25) is 4.90 Å². The largest absolute Gasteiger partial charge is 0.332 e. The normalized spacial score (nSPS) is 21.7. The van der Waals surface area contributed by atoms with E-state index in [4.69, 9.17) is 0 Å². The fourth-order valence-electron chi connectivity index (χ4n) is 3.98. The Morgan fingerprint density at radius 3 is 2.46 bits per heavy atom. The third-order valence-electron chi connectivity index (χ3n) is 5.47. The van der Waals surface area contributed by atoms with Crippen LogP contribution in [0, 0.1) is 0 Å². The number of imidazole rings is 1. The number of likely N-dealkylation sites (N-methyl/N-ethyl adjacent to an activating group) is 1. The van der Waals surface area contributed by atoms with Crippen LogP contribution in [0.4, 0.5) is 0 Å². The summed E-state index contributed by atoms with van der Waals surface area (Å²) in [5, 5.41) is 0. The third-order valence-corrected chi connectivity index (χ3v) is 7.38. The number of hydrogen-bond acceptors (Lipinski definition) is 4. The highest BCUT2D eigenvalue weighted by atomic mass is 32.2. The first-order chi connectivity index (χ1) is 11.5. The molecule has 0 atom stereocenters. The monoisotopic (exact) mass is 346 g/mol. The van der Waals surface area contributed by atoms with Crippen LogP contribution in [0.2, 0.25) is 0 Å². The summed E-state index contributed by atoms with van der Waals surface area (Å²) in [6.07, 6.45) is 5.42. The van der Waals surface area contributed by atoms with Crippen molar-refractivity contribution in [3.05, 3.63) is 48.5 Å². The zero-order valence-corrected chi connectivity index (χ0v) is 14.6. The molecule has 1 fully saturated rings. The van der Waals surface area contributed by atoms with E-state index in [1.165, 1.54) is 0 Å². The van der Waals surface area contributed by atoms with E-state index in [9.17, 15) is 8.42 Å². The Kier molecular flexibility index (Phi) is 3.74. The molecular weight excluding hydrogens is 324 g/mol. The van der Waals surface area contributed by atoms with Gasteiger partial charge < -0.3 is 4.57 Å². The van der Waals surface area contributed by atoms with Gasteiger partial charge in [-0.25, -0.2) is 13.4 Å². The van der Waals surface area contributed by atoms with E-state index in [0.717, 1.165) is 31.8 Å². The minimum absolute atomic E-state index is 0.148. The number of hydrogen-bond donors (Lipinski definition) is 0. The maximum Gasteiger partial charge on any atom is 0.243 e. The molecule has 0 unspecified atom stereocenters. The van der Waals surface area contributed by atoms with Crippen LogP contribution < -0.4 is 0 Å². The summed E-state index contributed by atoms with van der Waals surface area (Å²) in [4.78, 5) is 7.31. The summed E-state index contributed by atoms with van der Waals surface area (Å²) in [7, 11) is -1.29. The third kappa shape index (κ3) is 2.30. The number of piperidine rings is 1. The number of aromatic nitrogens is 2. The molecule has 24 heavy (non-hydrogen) atoms. The fraction of sp³-hybridized carbons (Fsp3) is 0.471. The maximum atomic E-state index is 12.8. The highest BCUT2D eigenvalue weighted by molar-refractivity contribution is 7.89. The number of benzene rings is 1. The van der Waals surface area contributed by atoms with Crippen molar-refractivity contribution in [2.24, 2.45) is 0 Å². The molecule has 1 saturated heterocycles.